The number of hydrogen-bond donors (Lipinski definition) is 2. The Balaban J connectivity index is 2.70. The molecule has 2 N–H and O–H groups in total. The van der Waals surface area contributed by atoms with Crippen LogP contribution < -0.4 is 10.9 Å². The molecule has 2 aromatic heterocycles. The van der Waals surface area contributed by atoms with E-state index in [1.807, 2.05) is 13.8 Å². The van der Waals surface area contributed by atoms with Gasteiger partial charge in [0.25, 0.3) is 5.56 Å². The number of hydrogen-bond acceptors (Lipinski definition) is 5. The lowest BCUT2D eigenvalue weighted by atomic mass is 9.99. The average Bonchev–Trinajstić information content (AvgIpc) is 2.49. The topological polar surface area (TPSA) is 97.1 Å². The summed E-state index contributed by atoms with van der Waals surface area (Å²) in [4.78, 5) is 28.0. The minimum Gasteiger partial charge on any atom is -0.476 e. The summed E-state index contributed by atoms with van der Waals surface area (Å²) in [6, 6.07) is 3.49. The van der Waals surface area contributed by atoms with Crippen molar-refractivity contribution in [1.82, 2.24) is 14.8 Å². The monoisotopic (exact) mass is 302 g/mol. The largest absolute Gasteiger partial charge is 0.476 e. The van der Waals surface area contributed by atoms with Crippen LogP contribution in [0.1, 0.15) is 42.7 Å². The molecule has 0 saturated heterocycles. The Labute approximate surface area is 127 Å². The fourth-order valence-electron chi connectivity index (χ4n) is 2.22. The molecule has 2 aromatic rings. The van der Waals surface area contributed by atoms with Crippen LogP contribution >= 0.6 is 0 Å². The quantitative estimate of drug-likeness (QED) is 0.879. The van der Waals surface area contributed by atoms with Crippen LogP contribution in [0.25, 0.3) is 0 Å². The molecule has 2 rings (SSSR count). The SMILES string of the molecule is CCn1nc(C(=O)O)c(C(C)C)c(Nc2cccnc2)c1=O. The zero-order chi connectivity index (χ0) is 16.3. The number of pyridine rings is 1. The minimum absolute atomic E-state index is 0.108. The number of nitrogens with one attached hydrogen (secondary N) is 1. The molecule has 0 atom stereocenters. The van der Waals surface area contributed by atoms with E-state index in [0.717, 1.165) is 4.68 Å². The van der Waals surface area contributed by atoms with E-state index < -0.39 is 5.97 Å². The van der Waals surface area contributed by atoms with Gasteiger partial charge in [-0.1, -0.05) is 13.8 Å². The summed E-state index contributed by atoms with van der Waals surface area (Å²) in [5.41, 5.74) is 0.790. The second-order valence-corrected chi connectivity index (χ2v) is 5.08. The molecule has 2 heterocycles. The molecule has 0 aromatic carbocycles. The highest BCUT2D eigenvalue weighted by molar-refractivity contribution is 5.89. The van der Waals surface area contributed by atoms with E-state index in [4.69, 9.17) is 0 Å². The van der Waals surface area contributed by atoms with Crippen molar-refractivity contribution in [3.8, 4) is 0 Å². The average molecular weight is 302 g/mol. The maximum atomic E-state index is 12.5. The number of aryl methyl sites for hydroxylation is 1. The molecule has 0 unspecified atom stereocenters. The van der Waals surface area contributed by atoms with E-state index in [1.54, 1.807) is 31.5 Å². The highest BCUT2D eigenvalue weighted by Crippen LogP contribution is 2.26. The van der Waals surface area contributed by atoms with Gasteiger partial charge in [-0.25, -0.2) is 9.48 Å². The first-order chi connectivity index (χ1) is 10.5. The summed E-state index contributed by atoms with van der Waals surface area (Å²) in [6.07, 6.45) is 3.19. The first-order valence-corrected chi connectivity index (χ1v) is 7.01. The summed E-state index contributed by atoms with van der Waals surface area (Å²) in [5, 5.41) is 16.4. The van der Waals surface area contributed by atoms with Crippen molar-refractivity contribution in [2.75, 3.05) is 5.32 Å². The third kappa shape index (κ3) is 2.98. The third-order valence-electron chi connectivity index (χ3n) is 3.20. The van der Waals surface area contributed by atoms with Gasteiger partial charge in [0, 0.05) is 18.3 Å². The number of anilines is 2. The Kier molecular flexibility index (Phi) is 4.55. The molecule has 7 nitrogen and oxygen atoms in total. The van der Waals surface area contributed by atoms with Crippen molar-refractivity contribution in [3.05, 3.63) is 46.1 Å². The van der Waals surface area contributed by atoms with Crippen LogP contribution in [0.2, 0.25) is 0 Å². The summed E-state index contributed by atoms with van der Waals surface area (Å²) >= 11 is 0. The summed E-state index contributed by atoms with van der Waals surface area (Å²) in [6.45, 7) is 5.68. The van der Waals surface area contributed by atoms with Gasteiger partial charge in [-0.3, -0.25) is 9.78 Å². The first-order valence-electron chi connectivity index (χ1n) is 7.01. The summed E-state index contributed by atoms with van der Waals surface area (Å²) in [5.74, 6) is -1.32. The van der Waals surface area contributed by atoms with Crippen molar-refractivity contribution in [2.24, 2.45) is 0 Å². The highest BCUT2D eigenvalue weighted by Gasteiger charge is 2.23. The van der Waals surface area contributed by atoms with Crippen LogP contribution in [0.4, 0.5) is 11.4 Å². The third-order valence-corrected chi connectivity index (χ3v) is 3.20. The maximum Gasteiger partial charge on any atom is 0.356 e. The molecule has 0 aliphatic heterocycles. The molecular formula is C15H18N4O3. The second-order valence-electron chi connectivity index (χ2n) is 5.08. The molecule has 0 amide bonds. The Morgan fingerprint density at radius 1 is 1.45 bits per heavy atom. The smallest absolute Gasteiger partial charge is 0.356 e. The van der Waals surface area contributed by atoms with Gasteiger partial charge < -0.3 is 10.4 Å². The number of carboxylic acids is 1. The van der Waals surface area contributed by atoms with E-state index in [-0.39, 0.29) is 22.9 Å². The van der Waals surface area contributed by atoms with Gasteiger partial charge in [0.2, 0.25) is 0 Å². The maximum absolute atomic E-state index is 12.5. The lowest BCUT2D eigenvalue weighted by molar-refractivity contribution is 0.0685. The number of nitrogens with zero attached hydrogens (tertiary/aromatic N) is 3. The standard InChI is InChI=1S/C15H18N4O3/c1-4-19-14(20)12(17-10-6-5-7-16-8-10)11(9(2)3)13(18-19)15(21)22/h5-9,17H,4H2,1-3H3,(H,21,22). The van der Waals surface area contributed by atoms with E-state index in [0.29, 0.717) is 17.8 Å². The number of aromatic carboxylic acids is 1. The van der Waals surface area contributed by atoms with E-state index in [1.165, 1.54) is 0 Å². The van der Waals surface area contributed by atoms with Crippen LogP contribution in [0.3, 0.4) is 0 Å². The lowest BCUT2D eigenvalue weighted by Gasteiger charge is -2.17. The molecule has 0 radical (unpaired) electrons. The van der Waals surface area contributed by atoms with Gasteiger partial charge in [0.1, 0.15) is 5.69 Å². The predicted molar refractivity (Wildman–Crippen MR) is 82.7 cm³/mol. The van der Waals surface area contributed by atoms with E-state index >= 15 is 0 Å². The number of carbonyl (C=O) groups is 1. The van der Waals surface area contributed by atoms with Gasteiger partial charge in [-0.15, -0.1) is 0 Å². The molecule has 22 heavy (non-hydrogen) atoms. The predicted octanol–water partition coefficient (Wildman–Crippen LogP) is 2.22. The second kappa shape index (κ2) is 6.38. The van der Waals surface area contributed by atoms with Gasteiger partial charge in [0.15, 0.2) is 5.69 Å². The highest BCUT2D eigenvalue weighted by atomic mass is 16.4. The fourth-order valence-corrected chi connectivity index (χ4v) is 2.22. The first kappa shape index (κ1) is 15.7. The van der Waals surface area contributed by atoms with Gasteiger partial charge in [0.05, 0.1) is 11.9 Å². The molecule has 0 bridgehead atoms. The normalized spacial score (nSPS) is 10.7. The number of aromatic nitrogens is 3. The van der Waals surface area contributed by atoms with E-state index in [9.17, 15) is 14.7 Å². The van der Waals surface area contributed by atoms with Crippen molar-refractivity contribution in [2.45, 2.75) is 33.2 Å². The van der Waals surface area contributed by atoms with Crippen LogP contribution in [-0.2, 0) is 6.54 Å². The molecule has 0 saturated carbocycles. The van der Waals surface area contributed by atoms with Crippen molar-refractivity contribution in [3.63, 3.8) is 0 Å². The minimum atomic E-state index is -1.15. The number of carboxylic acid groups (broad SMARTS) is 1. The van der Waals surface area contributed by atoms with Crippen LogP contribution in [0.5, 0.6) is 0 Å². The van der Waals surface area contributed by atoms with Gasteiger partial charge >= 0.3 is 5.97 Å². The number of rotatable bonds is 5. The zero-order valence-corrected chi connectivity index (χ0v) is 12.7. The molecule has 0 fully saturated rings. The van der Waals surface area contributed by atoms with Gasteiger partial charge in [-0.2, -0.15) is 5.10 Å². The zero-order valence-electron chi connectivity index (χ0n) is 12.7. The fraction of sp³-hybridized carbons (Fsp3) is 0.333. The van der Waals surface area contributed by atoms with Gasteiger partial charge in [-0.05, 0) is 25.0 Å². The molecular weight excluding hydrogens is 284 g/mol. The van der Waals surface area contributed by atoms with E-state index in [2.05, 4.69) is 15.4 Å². The van der Waals surface area contributed by atoms with Crippen LogP contribution in [-0.4, -0.2) is 25.8 Å². The van der Waals surface area contributed by atoms with Crippen molar-refractivity contribution < 1.29 is 9.90 Å². The molecule has 116 valence electrons. The Hall–Kier alpha value is -2.70. The molecule has 0 spiro atoms. The summed E-state index contributed by atoms with van der Waals surface area (Å²) < 4.78 is 1.15. The Morgan fingerprint density at radius 3 is 2.68 bits per heavy atom. The Bertz CT molecular complexity index is 738. The lowest BCUT2D eigenvalue weighted by Crippen LogP contribution is -2.29. The summed E-state index contributed by atoms with van der Waals surface area (Å²) in [7, 11) is 0. The van der Waals surface area contributed by atoms with Crippen LogP contribution in [0, 0.1) is 0 Å². The molecule has 0 aliphatic rings. The molecule has 7 heteroatoms. The Morgan fingerprint density at radius 2 is 2.18 bits per heavy atom. The van der Waals surface area contributed by atoms with Crippen molar-refractivity contribution >= 4 is 17.3 Å². The molecule has 0 aliphatic carbocycles. The van der Waals surface area contributed by atoms with Crippen molar-refractivity contribution in [1.29, 1.82) is 0 Å². The van der Waals surface area contributed by atoms with Crippen LogP contribution in [0.15, 0.2) is 29.3 Å².